The predicted octanol–water partition coefficient (Wildman–Crippen LogP) is 2.57. The maximum Gasteiger partial charge on any atom is 0.410 e. The average Bonchev–Trinajstić information content (AvgIpc) is 2.39. The fourth-order valence-electron chi connectivity index (χ4n) is 2.81. The normalized spacial score (nSPS) is 26.7. The lowest BCUT2D eigenvalue weighted by molar-refractivity contribution is -0.0849. The van der Waals surface area contributed by atoms with Crippen LogP contribution in [-0.2, 0) is 9.47 Å². The first-order valence-corrected chi connectivity index (χ1v) is 8.55. The molecule has 1 N–H and O–H groups in total. The molecule has 0 spiro atoms. The van der Waals surface area contributed by atoms with Gasteiger partial charge in [-0.25, -0.2) is 4.79 Å². The highest BCUT2D eigenvalue weighted by atomic mass is 16.6. The maximum absolute atomic E-state index is 12.0. The summed E-state index contributed by atoms with van der Waals surface area (Å²) in [5, 5.41) is 9.14. The zero-order chi connectivity index (χ0) is 17.0. The van der Waals surface area contributed by atoms with Crippen LogP contribution >= 0.6 is 0 Å². The standard InChI is InChI=1S/C18H29NO4/c1-13(20)5-6-14-11-16(12-14)22-15-7-9-19(10-8-15)17(21)23-18(2,3)4/h13-16,20H,7-12H2,1-4H3/t13?,14-,16-. The van der Waals surface area contributed by atoms with Crippen molar-refractivity contribution in [3.8, 4) is 11.8 Å². The molecule has 0 aromatic rings. The fraction of sp³-hybridized carbons (Fsp3) is 0.833. The highest BCUT2D eigenvalue weighted by molar-refractivity contribution is 5.68. The van der Waals surface area contributed by atoms with E-state index in [0.717, 1.165) is 25.7 Å². The molecular formula is C18H29NO4. The number of aliphatic hydroxyl groups is 1. The summed E-state index contributed by atoms with van der Waals surface area (Å²) in [5.74, 6) is 6.24. The van der Waals surface area contributed by atoms with E-state index in [9.17, 15) is 4.79 Å². The lowest BCUT2D eigenvalue weighted by atomic mass is 9.82. The van der Waals surface area contributed by atoms with Crippen molar-refractivity contribution >= 4 is 6.09 Å². The van der Waals surface area contributed by atoms with Crippen molar-refractivity contribution in [2.24, 2.45) is 5.92 Å². The van der Waals surface area contributed by atoms with Gasteiger partial charge >= 0.3 is 6.09 Å². The molecular weight excluding hydrogens is 294 g/mol. The first kappa shape index (κ1) is 18.1. The zero-order valence-electron chi connectivity index (χ0n) is 14.7. The van der Waals surface area contributed by atoms with Crippen LogP contribution in [-0.4, -0.2) is 53.1 Å². The fourth-order valence-corrected chi connectivity index (χ4v) is 2.81. The Morgan fingerprint density at radius 3 is 2.35 bits per heavy atom. The maximum atomic E-state index is 12.0. The van der Waals surface area contributed by atoms with Gasteiger partial charge in [0, 0.05) is 19.0 Å². The Bertz CT molecular complexity index is 458. The molecule has 2 rings (SSSR count). The highest BCUT2D eigenvalue weighted by Gasteiger charge is 2.33. The summed E-state index contributed by atoms with van der Waals surface area (Å²) >= 11 is 0. The van der Waals surface area contributed by atoms with Crippen molar-refractivity contribution in [3.63, 3.8) is 0 Å². The summed E-state index contributed by atoms with van der Waals surface area (Å²) in [6.07, 6.45) is 3.35. The lowest BCUT2D eigenvalue weighted by Crippen LogP contribution is -2.45. The third-order valence-corrected chi connectivity index (χ3v) is 4.07. The molecule has 1 saturated heterocycles. The van der Waals surface area contributed by atoms with Crippen molar-refractivity contribution < 1.29 is 19.4 Å². The number of aliphatic hydroxyl groups excluding tert-OH is 1. The third kappa shape index (κ3) is 6.04. The molecule has 0 bridgehead atoms. The topological polar surface area (TPSA) is 59.0 Å². The minimum absolute atomic E-state index is 0.226. The Balaban J connectivity index is 1.65. The van der Waals surface area contributed by atoms with Crippen molar-refractivity contribution in [1.82, 2.24) is 4.90 Å². The SMILES string of the molecule is CC(O)C#C[C@H]1C[C@H](OC2CCN(C(=O)OC(C)(C)C)CC2)C1. The van der Waals surface area contributed by atoms with Crippen molar-refractivity contribution in [1.29, 1.82) is 0 Å². The number of hydrogen-bond acceptors (Lipinski definition) is 4. The second-order valence-electron chi connectivity index (χ2n) is 7.56. The number of nitrogens with zero attached hydrogens (tertiary/aromatic N) is 1. The minimum Gasteiger partial charge on any atom is -0.444 e. The number of likely N-dealkylation sites (tertiary alicyclic amines) is 1. The van der Waals surface area contributed by atoms with E-state index in [1.54, 1.807) is 11.8 Å². The molecule has 0 aromatic heterocycles. The van der Waals surface area contributed by atoms with Gasteiger partial charge in [-0.3, -0.25) is 0 Å². The number of hydrogen-bond donors (Lipinski definition) is 1. The Labute approximate surface area is 139 Å². The van der Waals surface area contributed by atoms with Gasteiger partial charge in [-0.1, -0.05) is 11.8 Å². The number of amides is 1. The van der Waals surface area contributed by atoms with Gasteiger partial charge in [-0.05, 0) is 53.4 Å². The van der Waals surface area contributed by atoms with Gasteiger partial charge in [0.05, 0.1) is 12.2 Å². The van der Waals surface area contributed by atoms with E-state index in [2.05, 4.69) is 11.8 Å². The lowest BCUT2D eigenvalue weighted by Gasteiger charge is -2.38. The van der Waals surface area contributed by atoms with Crippen LogP contribution in [0.25, 0.3) is 0 Å². The Morgan fingerprint density at radius 2 is 1.83 bits per heavy atom. The van der Waals surface area contributed by atoms with E-state index >= 15 is 0 Å². The van der Waals surface area contributed by atoms with Gasteiger partial charge in [-0.2, -0.15) is 0 Å². The Hall–Kier alpha value is -1.25. The van der Waals surface area contributed by atoms with Crippen LogP contribution in [0.3, 0.4) is 0 Å². The predicted molar refractivity (Wildman–Crippen MR) is 87.9 cm³/mol. The van der Waals surface area contributed by atoms with Crippen LogP contribution in [0.4, 0.5) is 4.79 Å². The van der Waals surface area contributed by atoms with E-state index in [1.807, 2.05) is 20.8 Å². The Morgan fingerprint density at radius 1 is 1.22 bits per heavy atom. The quantitative estimate of drug-likeness (QED) is 0.794. The van der Waals surface area contributed by atoms with Crippen LogP contribution in [0, 0.1) is 17.8 Å². The van der Waals surface area contributed by atoms with Crippen LogP contribution < -0.4 is 0 Å². The summed E-state index contributed by atoms with van der Waals surface area (Å²) in [7, 11) is 0. The second kappa shape index (κ2) is 7.55. The van der Waals surface area contributed by atoms with Crippen molar-refractivity contribution in [3.05, 3.63) is 0 Å². The summed E-state index contributed by atoms with van der Waals surface area (Å²) in [4.78, 5) is 13.8. The second-order valence-corrected chi connectivity index (χ2v) is 7.56. The molecule has 1 aliphatic heterocycles. The van der Waals surface area contributed by atoms with Gasteiger partial charge in [0.1, 0.15) is 11.7 Å². The molecule has 5 heteroatoms. The number of carbonyl (C=O) groups excluding carboxylic acids is 1. The summed E-state index contributed by atoms with van der Waals surface area (Å²) in [6.45, 7) is 8.71. The molecule has 130 valence electrons. The van der Waals surface area contributed by atoms with E-state index in [0.29, 0.717) is 19.0 Å². The van der Waals surface area contributed by atoms with Crippen molar-refractivity contribution in [2.75, 3.05) is 13.1 Å². The van der Waals surface area contributed by atoms with Crippen LogP contribution in [0.1, 0.15) is 53.4 Å². The molecule has 1 unspecified atom stereocenters. The van der Waals surface area contributed by atoms with Crippen LogP contribution in [0.15, 0.2) is 0 Å². The number of carbonyl (C=O) groups is 1. The van der Waals surface area contributed by atoms with Crippen LogP contribution in [0.5, 0.6) is 0 Å². The molecule has 23 heavy (non-hydrogen) atoms. The molecule has 1 atom stereocenters. The van der Waals surface area contributed by atoms with E-state index in [4.69, 9.17) is 14.6 Å². The molecule has 2 aliphatic rings. The molecule has 2 fully saturated rings. The van der Waals surface area contributed by atoms with Crippen LogP contribution in [0.2, 0.25) is 0 Å². The molecule has 1 amide bonds. The van der Waals surface area contributed by atoms with Gasteiger partial charge in [-0.15, -0.1) is 0 Å². The average molecular weight is 323 g/mol. The van der Waals surface area contributed by atoms with E-state index in [1.165, 1.54) is 0 Å². The minimum atomic E-state index is -0.549. The number of piperidine rings is 1. The van der Waals surface area contributed by atoms with Gasteiger partial charge in [0.15, 0.2) is 0 Å². The van der Waals surface area contributed by atoms with Gasteiger partial charge in [0.2, 0.25) is 0 Å². The van der Waals surface area contributed by atoms with Gasteiger partial charge in [0.25, 0.3) is 0 Å². The first-order chi connectivity index (χ1) is 10.7. The number of rotatable bonds is 2. The van der Waals surface area contributed by atoms with E-state index in [-0.39, 0.29) is 18.3 Å². The third-order valence-electron chi connectivity index (χ3n) is 4.07. The summed E-state index contributed by atoms with van der Waals surface area (Å²) in [5.41, 5.74) is -0.446. The highest BCUT2D eigenvalue weighted by Crippen LogP contribution is 2.32. The molecule has 0 aromatic carbocycles. The largest absolute Gasteiger partial charge is 0.444 e. The smallest absolute Gasteiger partial charge is 0.410 e. The Kier molecular flexibility index (Phi) is 5.94. The molecule has 0 radical (unpaired) electrons. The van der Waals surface area contributed by atoms with Gasteiger partial charge < -0.3 is 19.5 Å². The number of ether oxygens (including phenoxy) is 2. The van der Waals surface area contributed by atoms with Crippen molar-refractivity contribution in [2.45, 2.75) is 77.3 Å². The molecule has 1 saturated carbocycles. The summed E-state index contributed by atoms with van der Waals surface area (Å²) in [6, 6.07) is 0. The monoisotopic (exact) mass is 323 g/mol. The molecule has 1 heterocycles. The molecule has 1 aliphatic carbocycles. The zero-order valence-corrected chi connectivity index (χ0v) is 14.7. The summed E-state index contributed by atoms with van der Waals surface area (Å²) < 4.78 is 11.5. The van der Waals surface area contributed by atoms with E-state index < -0.39 is 11.7 Å². The first-order valence-electron chi connectivity index (χ1n) is 8.55. The molecule has 5 nitrogen and oxygen atoms in total.